The van der Waals surface area contributed by atoms with Crippen LogP contribution in [0.2, 0.25) is 0 Å². The van der Waals surface area contributed by atoms with Gasteiger partial charge in [0.2, 0.25) is 5.91 Å². The molecule has 0 bridgehead atoms. The third-order valence-corrected chi connectivity index (χ3v) is 8.02. The smallest absolute Gasteiger partial charge is 0.239 e. The predicted molar refractivity (Wildman–Crippen MR) is 132 cm³/mol. The summed E-state index contributed by atoms with van der Waals surface area (Å²) in [5.41, 5.74) is 1.72. The number of thiophene rings is 1. The van der Waals surface area contributed by atoms with Gasteiger partial charge in [-0.25, -0.2) is 0 Å². The van der Waals surface area contributed by atoms with Crippen molar-refractivity contribution in [2.24, 2.45) is 0 Å². The van der Waals surface area contributed by atoms with E-state index in [2.05, 4.69) is 12.2 Å². The summed E-state index contributed by atoms with van der Waals surface area (Å²) in [6.07, 6.45) is 11.1. The molecule has 0 spiro atoms. The Kier molecular flexibility index (Phi) is 9.66. The molecule has 3 rings (SSSR count). The van der Waals surface area contributed by atoms with Gasteiger partial charge >= 0.3 is 0 Å². The van der Waals surface area contributed by atoms with Gasteiger partial charge in [0.15, 0.2) is 5.78 Å². The molecule has 1 aromatic rings. The summed E-state index contributed by atoms with van der Waals surface area (Å²) in [4.78, 5) is 28.9. The first-order chi connectivity index (χ1) is 15.0. The molecule has 2 atom stereocenters. The third kappa shape index (κ3) is 7.19. The molecule has 3 heterocycles. The Balaban J connectivity index is 1.70. The monoisotopic (exact) mass is 482 g/mol. The molecule has 2 aliphatic heterocycles. The molecule has 170 valence electrons. The average Bonchev–Trinajstić information content (AvgIpc) is 3.09. The highest BCUT2D eigenvalue weighted by Crippen LogP contribution is 2.40. The Morgan fingerprint density at radius 3 is 3.00 bits per heavy atom. The highest BCUT2D eigenvalue weighted by atomic mass is 35.5. The number of aliphatic hydroxyl groups excluding tert-OH is 1. The molecule has 0 aromatic carbocycles. The van der Waals surface area contributed by atoms with Crippen LogP contribution < -0.4 is 5.32 Å². The van der Waals surface area contributed by atoms with Crippen LogP contribution in [0.5, 0.6) is 0 Å². The van der Waals surface area contributed by atoms with Crippen molar-refractivity contribution >= 4 is 51.4 Å². The minimum absolute atomic E-state index is 0.0727. The maximum Gasteiger partial charge on any atom is 0.239 e. The Labute approximate surface area is 197 Å². The van der Waals surface area contributed by atoms with E-state index in [9.17, 15) is 14.7 Å². The first kappa shape index (κ1) is 24.5. The van der Waals surface area contributed by atoms with E-state index in [1.165, 1.54) is 16.2 Å². The number of piperidine rings is 1. The number of anilines is 1. The van der Waals surface area contributed by atoms with Crippen LogP contribution in [0, 0.1) is 0 Å². The molecule has 1 aromatic heterocycles. The molecular formula is C23H31ClN2O3S2. The molecular weight excluding hydrogens is 452 g/mol. The molecule has 1 amide bonds. The summed E-state index contributed by atoms with van der Waals surface area (Å²) in [6, 6.07) is 0. The number of nitrogens with one attached hydrogen (secondary N) is 1. The van der Waals surface area contributed by atoms with E-state index in [1.807, 2.05) is 34.9 Å². The highest BCUT2D eigenvalue weighted by molar-refractivity contribution is 7.98. The van der Waals surface area contributed by atoms with Crippen molar-refractivity contribution in [2.75, 3.05) is 30.7 Å². The lowest BCUT2D eigenvalue weighted by molar-refractivity contribution is -0.117. The second kappa shape index (κ2) is 12.2. The molecule has 1 fully saturated rings. The Hall–Kier alpha value is -1.12. The van der Waals surface area contributed by atoms with Crippen LogP contribution in [0.1, 0.15) is 53.4 Å². The fraction of sp³-hybridized carbons (Fsp3) is 0.565. The quantitative estimate of drug-likeness (QED) is 0.232. The number of thioether (sulfide) groups is 1. The van der Waals surface area contributed by atoms with Gasteiger partial charge in [0.1, 0.15) is 5.00 Å². The summed E-state index contributed by atoms with van der Waals surface area (Å²) >= 11 is 9.63. The molecule has 2 N–H and O–H groups in total. The highest BCUT2D eigenvalue weighted by Gasteiger charge is 2.26. The van der Waals surface area contributed by atoms with Crippen LogP contribution in [0.15, 0.2) is 24.3 Å². The number of hydrogen-bond donors (Lipinski definition) is 2. The van der Waals surface area contributed by atoms with Gasteiger partial charge in [-0.15, -0.1) is 22.9 Å². The maximum absolute atomic E-state index is 13.1. The van der Waals surface area contributed by atoms with Gasteiger partial charge in [0.05, 0.1) is 23.6 Å². The van der Waals surface area contributed by atoms with E-state index in [0.29, 0.717) is 23.5 Å². The first-order valence-corrected chi connectivity index (χ1v) is 13.3. The van der Waals surface area contributed by atoms with Crippen molar-refractivity contribution in [1.82, 2.24) is 4.90 Å². The van der Waals surface area contributed by atoms with E-state index in [1.54, 1.807) is 6.08 Å². The maximum atomic E-state index is 13.1. The molecule has 2 unspecified atom stereocenters. The largest absolute Gasteiger partial charge is 0.392 e. The zero-order valence-corrected chi connectivity index (χ0v) is 20.3. The van der Waals surface area contributed by atoms with Crippen LogP contribution in [-0.4, -0.2) is 58.6 Å². The Bertz CT molecular complexity index is 837. The minimum atomic E-state index is -0.368. The van der Waals surface area contributed by atoms with Crippen LogP contribution in [-0.2, 0) is 17.0 Å². The van der Waals surface area contributed by atoms with Gasteiger partial charge in [0, 0.05) is 17.2 Å². The average molecular weight is 483 g/mol. The number of likely N-dealkylation sites (tertiary alicyclic amines) is 1. The van der Waals surface area contributed by atoms with Crippen molar-refractivity contribution in [2.45, 2.75) is 56.3 Å². The van der Waals surface area contributed by atoms with E-state index in [4.69, 9.17) is 11.6 Å². The minimum Gasteiger partial charge on any atom is -0.392 e. The number of nitrogens with zero attached hydrogens (tertiary/aromatic N) is 1. The van der Waals surface area contributed by atoms with Crippen LogP contribution in [0.4, 0.5) is 5.00 Å². The molecule has 8 heteroatoms. The number of allylic oxidation sites excluding steroid dienone is 4. The van der Waals surface area contributed by atoms with E-state index >= 15 is 0 Å². The van der Waals surface area contributed by atoms with E-state index in [0.717, 1.165) is 49.3 Å². The van der Waals surface area contributed by atoms with E-state index in [-0.39, 0.29) is 29.7 Å². The first-order valence-electron chi connectivity index (χ1n) is 10.9. The van der Waals surface area contributed by atoms with Crippen molar-refractivity contribution < 1.29 is 14.7 Å². The molecule has 2 aliphatic rings. The lowest BCUT2D eigenvalue weighted by Crippen LogP contribution is -2.42. The number of hydrogen-bond acceptors (Lipinski definition) is 6. The van der Waals surface area contributed by atoms with Crippen molar-refractivity contribution in [3.8, 4) is 0 Å². The number of halogens is 1. The fourth-order valence-corrected chi connectivity index (χ4v) is 6.48. The van der Waals surface area contributed by atoms with Gasteiger partial charge in [-0.1, -0.05) is 25.2 Å². The predicted octanol–water partition coefficient (Wildman–Crippen LogP) is 4.64. The molecule has 0 radical (unpaired) electrons. The Morgan fingerprint density at radius 1 is 1.39 bits per heavy atom. The summed E-state index contributed by atoms with van der Waals surface area (Å²) < 4.78 is 0. The summed E-state index contributed by atoms with van der Waals surface area (Å²) in [7, 11) is 0. The number of β-amino-alcohol motifs (C(OH)–C–C–N with tert-alkyl or cyclic N) is 1. The standard InChI is InChI=1S/C23H31ClN2O3S2/c1-2-3-6-16(24)7-4-9-19(28)22-18-10-12-30-15-20(18)31-23(22)25-21(29)14-26-11-5-8-17(27)13-26/h3-4,6,9,16-17,27H,2,5,7-8,10-15H2,1H3,(H,25,29)/b6-3-,9-4+. The van der Waals surface area contributed by atoms with Gasteiger partial charge in [0.25, 0.3) is 0 Å². The van der Waals surface area contributed by atoms with Crippen molar-refractivity contribution in [1.29, 1.82) is 0 Å². The van der Waals surface area contributed by atoms with Crippen LogP contribution in [0.3, 0.4) is 0 Å². The number of aliphatic hydroxyl groups is 1. The number of fused-ring (bicyclic) bond motifs is 1. The van der Waals surface area contributed by atoms with Crippen molar-refractivity contribution in [3.05, 3.63) is 40.3 Å². The summed E-state index contributed by atoms with van der Waals surface area (Å²) in [5, 5.41) is 13.4. The number of rotatable bonds is 9. The van der Waals surface area contributed by atoms with Gasteiger partial charge < -0.3 is 10.4 Å². The van der Waals surface area contributed by atoms with Gasteiger partial charge in [-0.2, -0.15) is 11.8 Å². The fourth-order valence-electron chi connectivity index (χ4n) is 3.88. The number of carbonyl (C=O) groups is 2. The van der Waals surface area contributed by atoms with Gasteiger partial charge in [-0.05, 0) is 56.0 Å². The topological polar surface area (TPSA) is 69.6 Å². The lowest BCUT2D eigenvalue weighted by Gasteiger charge is -2.29. The van der Waals surface area contributed by atoms with Crippen LogP contribution in [0.25, 0.3) is 0 Å². The Morgan fingerprint density at radius 2 is 2.23 bits per heavy atom. The van der Waals surface area contributed by atoms with Gasteiger partial charge in [-0.3, -0.25) is 14.5 Å². The molecule has 5 nitrogen and oxygen atoms in total. The zero-order valence-electron chi connectivity index (χ0n) is 17.9. The van der Waals surface area contributed by atoms with E-state index < -0.39 is 0 Å². The second-order valence-electron chi connectivity index (χ2n) is 7.94. The SMILES string of the molecule is CC/C=C\C(Cl)C/C=C/C(=O)c1c(NC(=O)CN2CCCC(O)C2)sc2c1CCSC2. The van der Waals surface area contributed by atoms with Crippen LogP contribution >= 0.6 is 34.7 Å². The normalized spacial score (nSPS) is 20.8. The lowest BCUT2D eigenvalue weighted by atomic mass is 10.0. The molecule has 31 heavy (non-hydrogen) atoms. The molecule has 0 aliphatic carbocycles. The number of amides is 1. The number of carbonyl (C=O) groups excluding carboxylic acids is 2. The molecule has 0 saturated carbocycles. The number of ketones is 1. The van der Waals surface area contributed by atoms with Crippen molar-refractivity contribution in [3.63, 3.8) is 0 Å². The number of alkyl halides is 1. The summed E-state index contributed by atoms with van der Waals surface area (Å²) in [5.74, 6) is 1.66. The zero-order chi connectivity index (χ0) is 22.2. The third-order valence-electron chi connectivity index (χ3n) is 5.38. The summed E-state index contributed by atoms with van der Waals surface area (Å²) in [6.45, 7) is 3.62. The second-order valence-corrected chi connectivity index (χ2v) is 10.7. The molecule has 1 saturated heterocycles.